The van der Waals surface area contributed by atoms with Crippen molar-refractivity contribution < 1.29 is 14.3 Å². The second kappa shape index (κ2) is 5.58. The zero-order valence-electron chi connectivity index (χ0n) is 12.5. The van der Waals surface area contributed by atoms with Crippen LogP contribution in [-0.2, 0) is 0 Å². The van der Waals surface area contributed by atoms with Crippen molar-refractivity contribution in [1.29, 1.82) is 0 Å². The average Bonchev–Trinajstić information content (AvgIpc) is 3.15. The molecule has 3 aromatic rings. The number of hydrogen-bond acceptors (Lipinski definition) is 5. The van der Waals surface area contributed by atoms with Gasteiger partial charge in [0.05, 0.1) is 6.54 Å². The third-order valence-corrected chi connectivity index (χ3v) is 4.47. The molecule has 0 radical (unpaired) electrons. The van der Waals surface area contributed by atoms with E-state index in [2.05, 4.69) is 4.98 Å². The summed E-state index contributed by atoms with van der Waals surface area (Å²) in [6, 6.07) is 7.55. The van der Waals surface area contributed by atoms with Gasteiger partial charge in [-0.2, -0.15) is 0 Å². The van der Waals surface area contributed by atoms with Gasteiger partial charge in [0.25, 0.3) is 5.91 Å². The van der Waals surface area contributed by atoms with E-state index in [9.17, 15) is 4.79 Å². The predicted molar refractivity (Wildman–Crippen MR) is 86.4 cm³/mol. The zero-order valence-corrected chi connectivity index (χ0v) is 13.3. The molecular formula is C16H15N3O3S. The molecule has 3 heterocycles. The van der Waals surface area contributed by atoms with Gasteiger partial charge in [-0.1, -0.05) is 12.1 Å². The van der Waals surface area contributed by atoms with Gasteiger partial charge in [-0.15, -0.1) is 11.3 Å². The Morgan fingerprint density at radius 1 is 1.43 bits per heavy atom. The Balaban J connectivity index is 1.44. The topological polar surface area (TPSA) is 56.1 Å². The van der Waals surface area contributed by atoms with E-state index in [4.69, 9.17) is 9.47 Å². The van der Waals surface area contributed by atoms with E-state index in [1.807, 2.05) is 40.2 Å². The molecule has 118 valence electrons. The molecule has 0 saturated carbocycles. The number of carbonyl (C=O) groups excluding carboxylic acids is 1. The average molecular weight is 329 g/mol. The van der Waals surface area contributed by atoms with Gasteiger partial charge in [-0.25, -0.2) is 4.98 Å². The lowest BCUT2D eigenvalue weighted by Crippen LogP contribution is -2.41. The molecule has 7 heteroatoms. The summed E-state index contributed by atoms with van der Waals surface area (Å²) in [5.74, 6) is 1.34. The van der Waals surface area contributed by atoms with Gasteiger partial charge in [-0.05, 0) is 12.1 Å². The summed E-state index contributed by atoms with van der Waals surface area (Å²) in [7, 11) is 1.75. The molecule has 0 N–H and O–H groups in total. The maximum atomic E-state index is 12.5. The minimum Gasteiger partial charge on any atom is -0.486 e. The molecule has 0 aliphatic carbocycles. The number of fused-ring (bicyclic) bond motifs is 2. The number of thiazole rings is 1. The zero-order chi connectivity index (χ0) is 15.8. The summed E-state index contributed by atoms with van der Waals surface area (Å²) in [6.45, 7) is 0.866. The van der Waals surface area contributed by atoms with Crippen LogP contribution in [0.15, 0.2) is 42.0 Å². The lowest BCUT2D eigenvalue weighted by molar-refractivity contribution is 0.0518. The van der Waals surface area contributed by atoms with E-state index in [1.54, 1.807) is 18.1 Å². The third kappa shape index (κ3) is 2.63. The van der Waals surface area contributed by atoms with Crippen LogP contribution >= 0.6 is 11.3 Å². The molecule has 2 aromatic heterocycles. The molecule has 1 amide bonds. The summed E-state index contributed by atoms with van der Waals surface area (Å²) < 4.78 is 13.4. The molecule has 0 spiro atoms. The van der Waals surface area contributed by atoms with E-state index in [1.165, 1.54) is 11.3 Å². The Kier molecular flexibility index (Phi) is 3.42. The number of para-hydroxylation sites is 2. The Labute approximate surface area is 136 Å². The van der Waals surface area contributed by atoms with Crippen LogP contribution in [0.4, 0.5) is 0 Å². The van der Waals surface area contributed by atoms with Crippen molar-refractivity contribution in [2.75, 3.05) is 20.2 Å². The van der Waals surface area contributed by atoms with Crippen molar-refractivity contribution in [3.05, 3.63) is 47.7 Å². The molecule has 0 bridgehead atoms. The minimum absolute atomic E-state index is 0.122. The number of nitrogens with zero attached hydrogens (tertiary/aromatic N) is 3. The Morgan fingerprint density at radius 2 is 2.26 bits per heavy atom. The molecule has 0 unspecified atom stereocenters. The standard InChI is InChI=1S/C16H15N3O3S/c1-18(15(20)12-9-19-6-7-23-16(19)17-12)8-11-10-21-13-4-2-3-5-14(13)22-11/h2-7,9,11H,8,10H2,1H3/t11-/m0/s1. The molecule has 6 nitrogen and oxygen atoms in total. The fraction of sp³-hybridized carbons (Fsp3) is 0.250. The van der Waals surface area contributed by atoms with Gasteiger partial charge < -0.3 is 14.4 Å². The lowest BCUT2D eigenvalue weighted by Gasteiger charge is -2.29. The maximum absolute atomic E-state index is 12.5. The monoisotopic (exact) mass is 329 g/mol. The molecule has 1 aromatic carbocycles. The Hall–Kier alpha value is -2.54. The van der Waals surface area contributed by atoms with Crippen molar-refractivity contribution in [3.63, 3.8) is 0 Å². The van der Waals surface area contributed by atoms with Crippen LogP contribution in [0.1, 0.15) is 10.5 Å². The first-order valence-corrected chi connectivity index (χ1v) is 8.15. The van der Waals surface area contributed by atoms with Crippen LogP contribution in [0.3, 0.4) is 0 Å². The third-order valence-electron chi connectivity index (χ3n) is 3.70. The van der Waals surface area contributed by atoms with Crippen LogP contribution in [0.2, 0.25) is 0 Å². The smallest absolute Gasteiger partial charge is 0.273 e. The van der Waals surface area contributed by atoms with Gasteiger partial charge >= 0.3 is 0 Å². The molecule has 4 rings (SSSR count). The molecule has 0 fully saturated rings. The highest BCUT2D eigenvalue weighted by Crippen LogP contribution is 2.31. The highest BCUT2D eigenvalue weighted by atomic mass is 32.1. The number of amides is 1. The fourth-order valence-corrected chi connectivity index (χ4v) is 3.27. The van der Waals surface area contributed by atoms with E-state index in [-0.39, 0.29) is 12.0 Å². The maximum Gasteiger partial charge on any atom is 0.273 e. The summed E-state index contributed by atoms with van der Waals surface area (Å²) in [6.07, 6.45) is 3.44. The number of hydrogen-bond donors (Lipinski definition) is 0. The van der Waals surface area contributed by atoms with Gasteiger partial charge in [0.15, 0.2) is 22.6 Å². The summed E-state index contributed by atoms with van der Waals surface area (Å²) in [5.41, 5.74) is 0.441. The van der Waals surface area contributed by atoms with E-state index in [0.717, 1.165) is 10.7 Å². The van der Waals surface area contributed by atoms with E-state index >= 15 is 0 Å². The molecule has 1 aliphatic rings. The van der Waals surface area contributed by atoms with Gasteiger partial charge in [0.1, 0.15) is 12.3 Å². The summed E-state index contributed by atoms with van der Waals surface area (Å²) in [4.78, 5) is 19.3. The Bertz CT molecular complexity index is 829. The molecule has 0 saturated heterocycles. The lowest BCUT2D eigenvalue weighted by atomic mass is 10.2. The van der Waals surface area contributed by atoms with E-state index < -0.39 is 0 Å². The van der Waals surface area contributed by atoms with Crippen molar-refractivity contribution in [2.24, 2.45) is 0 Å². The first-order valence-electron chi connectivity index (χ1n) is 7.27. The van der Waals surface area contributed by atoms with Crippen LogP contribution in [-0.4, -0.2) is 46.5 Å². The number of aromatic nitrogens is 2. The second-order valence-corrected chi connectivity index (χ2v) is 6.28. The second-order valence-electron chi connectivity index (χ2n) is 5.40. The fourth-order valence-electron chi connectivity index (χ4n) is 2.57. The first-order chi connectivity index (χ1) is 11.2. The number of imidazole rings is 1. The number of likely N-dealkylation sites (N-methyl/N-ethyl adjacent to an activating group) is 1. The highest BCUT2D eigenvalue weighted by molar-refractivity contribution is 7.15. The van der Waals surface area contributed by atoms with Crippen molar-refractivity contribution in [1.82, 2.24) is 14.3 Å². The molecule has 23 heavy (non-hydrogen) atoms. The number of carbonyl (C=O) groups is 1. The summed E-state index contributed by atoms with van der Waals surface area (Å²) in [5, 5.41) is 1.94. The first kappa shape index (κ1) is 14.1. The minimum atomic E-state index is -0.192. The van der Waals surface area contributed by atoms with Crippen molar-refractivity contribution in [2.45, 2.75) is 6.10 Å². The quantitative estimate of drug-likeness (QED) is 0.740. The highest BCUT2D eigenvalue weighted by Gasteiger charge is 2.25. The number of benzene rings is 1. The number of ether oxygens (including phenoxy) is 2. The van der Waals surface area contributed by atoms with Crippen molar-refractivity contribution in [3.8, 4) is 11.5 Å². The van der Waals surface area contributed by atoms with Gasteiger partial charge in [-0.3, -0.25) is 9.20 Å². The predicted octanol–water partition coefficient (Wildman–Crippen LogP) is 2.31. The normalized spacial score (nSPS) is 16.5. The molecule has 1 aliphatic heterocycles. The largest absolute Gasteiger partial charge is 0.486 e. The molecule has 1 atom stereocenters. The van der Waals surface area contributed by atoms with Gasteiger partial charge in [0, 0.05) is 24.8 Å². The number of rotatable bonds is 3. The van der Waals surface area contributed by atoms with Crippen LogP contribution in [0.25, 0.3) is 4.96 Å². The van der Waals surface area contributed by atoms with E-state index in [0.29, 0.717) is 24.6 Å². The Morgan fingerprint density at radius 3 is 3.09 bits per heavy atom. The van der Waals surface area contributed by atoms with Crippen LogP contribution < -0.4 is 9.47 Å². The van der Waals surface area contributed by atoms with Crippen LogP contribution in [0, 0.1) is 0 Å². The van der Waals surface area contributed by atoms with Crippen molar-refractivity contribution >= 4 is 22.2 Å². The SMILES string of the molecule is CN(C[C@H]1COc2ccccc2O1)C(=O)c1cn2ccsc2n1. The molecular weight excluding hydrogens is 314 g/mol. The van der Waals surface area contributed by atoms with Crippen LogP contribution in [0.5, 0.6) is 11.5 Å². The van der Waals surface area contributed by atoms with Gasteiger partial charge in [0.2, 0.25) is 0 Å². The summed E-state index contributed by atoms with van der Waals surface area (Å²) >= 11 is 1.50.